The molecule has 0 aromatic heterocycles. The number of hydrogen-bond donors (Lipinski definition) is 1. The summed E-state index contributed by atoms with van der Waals surface area (Å²) in [5.41, 5.74) is 2.58. The van der Waals surface area contributed by atoms with Crippen LogP contribution in [0.5, 0.6) is 11.5 Å². The topological polar surface area (TPSA) is 50.8 Å². The zero-order valence-electron chi connectivity index (χ0n) is 22.4. The number of benzene rings is 3. The van der Waals surface area contributed by atoms with Gasteiger partial charge in [0.1, 0.15) is 12.4 Å². The van der Waals surface area contributed by atoms with E-state index in [4.69, 9.17) is 9.47 Å². The van der Waals surface area contributed by atoms with Crippen LogP contribution in [-0.2, 0) is 11.4 Å². The van der Waals surface area contributed by atoms with Gasteiger partial charge in [0.05, 0.1) is 11.5 Å². The Morgan fingerprint density at radius 1 is 1.00 bits per heavy atom. The predicted octanol–water partition coefficient (Wildman–Crippen LogP) is 7.69. The van der Waals surface area contributed by atoms with E-state index < -0.39 is 0 Å². The molecule has 3 atom stereocenters. The highest BCUT2D eigenvalue weighted by atomic mass is 32.2. The van der Waals surface area contributed by atoms with E-state index in [1.165, 1.54) is 18.6 Å². The van der Waals surface area contributed by atoms with Gasteiger partial charge < -0.3 is 19.7 Å². The number of para-hydroxylation sites is 1. The molecule has 1 aliphatic heterocycles. The van der Waals surface area contributed by atoms with Gasteiger partial charge in [-0.3, -0.25) is 4.79 Å². The van der Waals surface area contributed by atoms with Crippen LogP contribution in [0.4, 0.5) is 10.1 Å². The summed E-state index contributed by atoms with van der Waals surface area (Å²) in [7, 11) is 0. The molecule has 3 aromatic rings. The zero-order valence-corrected chi connectivity index (χ0v) is 23.3. The predicted molar refractivity (Wildman–Crippen MR) is 156 cm³/mol. The summed E-state index contributed by atoms with van der Waals surface area (Å²) < 4.78 is 25.1. The summed E-state index contributed by atoms with van der Waals surface area (Å²) in [5.74, 6) is 1.48. The van der Waals surface area contributed by atoms with Crippen LogP contribution < -0.4 is 14.8 Å². The van der Waals surface area contributed by atoms with Crippen LogP contribution in [0.1, 0.15) is 50.7 Å². The molecular weight excluding hydrogens is 511 g/mol. The summed E-state index contributed by atoms with van der Waals surface area (Å²) in [6.45, 7) is 4.98. The van der Waals surface area contributed by atoms with Crippen molar-refractivity contribution in [1.82, 2.24) is 4.90 Å². The van der Waals surface area contributed by atoms with E-state index in [0.29, 0.717) is 35.5 Å². The molecule has 5 nitrogen and oxygen atoms in total. The zero-order chi connectivity index (χ0) is 27.2. The number of rotatable bonds is 9. The first-order chi connectivity index (χ1) is 19.0. The van der Waals surface area contributed by atoms with E-state index in [0.717, 1.165) is 36.1 Å². The van der Waals surface area contributed by atoms with Gasteiger partial charge in [-0.25, -0.2) is 4.39 Å². The molecule has 2 aliphatic rings. The standard InChI is InChI=1S/C32H35FN2O3S/c1-3-37-29-19-24(15-18-28(29)38-21-23-13-16-25(33)17-14-23)20-30-31(36)35(27-12-8-7-9-22(27)2)32(39-30)34-26-10-5-4-6-11-26/h4-6,10-11,13-20,22,27,32,34H,3,7-9,12,21H2,1-2H3/b30-20-/t22-,27-,32?/m0/s1. The lowest BCUT2D eigenvalue weighted by Gasteiger charge is -2.39. The lowest BCUT2D eigenvalue weighted by atomic mass is 9.85. The van der Waals surface area contributed by atoms with Crippen LogP contribution in [0, 0.1) is 11.7 Å². The Labute approximate surface area is 234 Å². The van der Waals surface area contributed by atoms with Crippen LogP contribution in [-0.4, -0.2) is 29.0 Å². The molecule has 1 unspecified atom stereocenters. The third-order valence-corrected chi connectivity index (χ3v) is 8.41. The van der Waals surface area contributed by atoms with E-state index in [2.05, 4.69) is 17.1 Å². The number of hydrogen-bond acceptors (Lipinski definition) is 5. The Hall–Kier alpha value is -3.45. The van der Waals surface area contributed by atoms with Gasteiger partial charge in [-0.2, -0.15) is 0 Å². The highest BCUT2D eigenvalue weighted by molar-refractivity contribution is 8.05. The fourth-order valence-electron chi connectivity index (χ4n) is 5.26. The first-order valence-corrected chi connectivity index (χ1v) is 14.6. The molecule has 7 heteroatoms. The molecule has 1 saturated carbocycles. The van der Waals surface area contributed by atoms with Crippen molar-refractivity contribution in [3.05, 3.63) is 94.6 Å². The summed E-state index contributed by atoms with van der Waals surface area (Å²) in [6, 6.07) is 22.3. The molecule has 0 bridgehead atoms. The van der Waals surface area contributed by atoms with E-state index >= 15 is 0 Å². The highest BCUT2D eigenvalue weighted by Gasteiger charge is 2.42. The van der Waals surface area contributed by atoms with Gasteiger partial charge in [0.2, 0.25) is 0 Å². The Morgan fingerprint density at radius 3 is 2.51 bits per heavy atom. The quantitative estimate of drug-likeness (QED) is 0.279. The van der Waals surface area contributed by atoms with Crippen molar-refractivity contribution in [1.29, 1.82) is 0 Å². The third-order valence-electron chi connectivity index (χ3n) is 7.30. The lowest BCUT2D eigenvalue weighted by molar-refractivity contribution is -0.129. The van der Waals surface area contributed by atoms with Crippen LogP contribution in [0.25, 0.3) is 6.08 Å². The summed E-state index contributed by atoms with van der Waals surface area (Å²) in [6.07, 6.45) is 6.50. The van der Waals surface area contributed by atoms with Gasteiger partial charge in [-0.05, 0) is 79.3 Å². The van der Waals surface area contributed by atoms with Crippen LogP contribution in [0.2, 0.25) is 0 Å². The maximum atomic E-state index is 13.8. The summed E-state index contributed by atoms with van der Waals surface area (Å²) in [5, 5.41) is 3.59. The fourth-order valence-corrected chi connectivity index (χ4v) is 6.47. The van der Waals surface area contributed by atoms with Crippen molar-refractivity contribution in [2.75, 3.05) is 11.9 Å². The summed E-state index contributed by atoms with van der Waals surface area (Å²) in [4.78, 5) is 16.6. The van der Waals surface area contributed by atoms with Crippen molar-refractivity contribution in [3.8, 4) is 11.5 Å². The molecule has 1 aliphatic carbocycles. The molecule has 204 valence electrons. The molecule has 0 spiro atoms. The second-order valence-electron chi connectivity index (χ2n) is 10.1. The molecule has 3 aromatic carbocycles. The van der Waals surface area contributed by atoms with Crippen LogP contribution >= 0.6 is 11.8 Å². The Kier molecular flexibility index (Phi) is 8.77. The number of carbonyl (C=O) groups excluding carboxylic acids is 1. The number of anilines is 1. The number of ether oxygens (including phenoxy) is 2. The Bertz CT molecular complexity index is 1300. The largest absolute Gasteiger partial charge is 0.490 e. The molecule has 1 amide bonds. The minimum Gasteiger partial charge on any atom is -0.490 e. The first kappa shape index (κ1) is 27.1. The third kappa shape index (κ3) is 6.59. The maximum Gasteiger partial charge on any atom is 0.262 e. The number of thioether (sulfide) groups is 1. The van der Waals surface area contributed by atoms with Gasteiger partial charge in [-0.1, -0.05) is 67.9 Å². The molecule has 5 rings (SSSR count). The van der Waals surface area contributed by atoms with Gasteiger partial charge in [-0.15, -0.1) is 0 Å². The molecule has 0 radical (unpaired) electrons. The maximum absolute atomic E-state index is 13.8. The average Bonchev–Trinajstić information content (AvgIpc) is 3.24. The number of carbonyl (C=O) groups is 1. The number of nitrogens with zero attached hydrogens (tertiary/aromatic N) is 1. The van der Waals surface area contributed by atoms with Crippen molar-refractivity contribution >= 4 is 29.4 Å². The summed E-state index contributed by atoms with van der Waals surface area (Å²) >= 11 is 1.57. The van der Waals surface area contributed by atoms with Crippen molar-refractivity contribution in [2.24, 2.45) is 5.92 Å². The lowest BCUT2D eigenvalue weighted by Crippen LogP contribution is -2.48. The van der Waals surface area contributed by atoms with E-state index in [1.54, 1.807) is 23.9 Å². The Balaban J connectivity index is 1.38. The van der Waals surface area contributed by atoms with Crippen molar-refractivity contribution in [2.45, 2.75) is 57.7 Å². The number of nitrogens with one attached hydrogen (secondary N) is 1. The molecule has 2 fully saturated rings. The number of amides is 1. The minimum atomic E-state index is -0.275. The molecule has 1 heterocycles. The van der Waals surface area contributed by atoms with E-state index in [-0.39, 0.29) is 23.3 Å². The molecule has 1 N–H and O–H groups in total. The molecule has 39 heavy (non-hydrogen) atoms. The second-order valence-corrected chi connectivity index (χ2v) is 11.2. The fraction of sp³-hybridized carbons (Fsp3) is 0.344. The van der Waals surface area contributed by atoms with Crippen LogP contribution in [0.15, 0.2) is 77.7 Å². The van der Waals surface area contributed by atoms with Crippen LogP contribution in [0.3, 0.4) is 0 Å². The molecular formula is C32H35FN2O3S. The smallest absolute Gasteiger partial charge is 0.262 e. The van der Waals surface area contributed by atoms with Gasteiger partial charge >= 0.3 is 0 Å². The van der Waals surface area contributed by atoms with E-state index in [1.807, 2.05) is 61.5 Å². The van der Waals surface area contributed by atoms with E-state index in [9.17, 15) is 9.18 Å². The van der Waals surface area contributed by atoms with Crippen molar-refractivity contribution < 1.29 is 18.7 Å². The minimum absolute atomic E-state index is 0.0711. The number of halogens is 1. The van der Waals surface area contributed by atoms with Crippen molar-refractivity contribution in [3.63, 3.8) is 0 Å². The van der Waals surface area contributed by atoms with Gasteiger partial charge in [0.15, 0.2) is 17.0 Å². The molecule has 1 saturated heterocycles. The van der Waals surface area contributed by atoms with Gasteiger partial charge in [0.25, 0.3) is 5.91 Å². The highest BCUT2D eigenvalue weighted by Crippen LogP contribution is 2.42. The SMILES string of the molecule is CCOc1cc(/C=C2\SC(Nc3ccccc3)N([C@H]3CCCC[C@@H]3C)C2=O)ccc1OCc1ccc(F)cc1. The second kappa shape index (κ2) is 12.6. The normalized spacial score (nSPS) is 22.2. The average molecular weight is 547 g/mol. The Morgan fingerprint density at radius 2 is 1.77 bits per heavy atom. The monoisotopic (exact) mass is 546 g/mol. The van der Waals surface area contributed by atoms with Gasteiger partial charge in [0, 0.05) is 11.7 Å². The first-order valence-electron chi connectivity index (χ1n) is 13.7.